The SMILES string of the molecule is CN(C)C(=O)COc1ccc(NC(=O)CSC(C)(C)C)cc1. The van der Waals surface area contributed by atoms with Crippen LogP contribution in [-0.2, 0) is 9.59 Å². The number of thioether (sulfide) groups is 1. The quantitative estimate of drug-likeness (QED) is 0.874. The molecule has 0 spiro atoms. The highest BCUT2D eigenvalue weighted by molar-refractivity contribution is 8.01. The minimum absolute atomic E-state index is 0.000921. The van der Waals surface area contributed by atoms with Crippen LogP contribution in [0.1, 0.15) is 20.8 Å². The van der Waals surface area contributed by atoms with Crippen LogP contribution in [0.2, 0.25) is 0 Å². The van der Waals surface area contributed by atoms with Crippen molar-refractivity contribution >= 4 is 29.3 Å². The molecule has 0 heterocycles. The Morgan fingerprint density at radius 2 is 1.77 bits per heavy atom. The molecule has 0 fully saturated rings. The van der Waals surface area contributed by atoms with Crippen LogP contribution in [0.15, 0.2) is 24.3 Å². The summed E-state index contributed by atoms with van der Waals surface area (Å²) < 4.78 is 5.44. The van der Waals surface area contributed by atoms with Crippen molar-refractivity contribution in [2.24, 2.45) is 0 Å². The summed E-state index contributed by atoms with van der Waals surface area (Å²) >= 11 is 1.60. The molecule has 0 saturated heterocycles. The van der Waals surface area contributed by atoms with Crippen LogP contribution < -0.4 is 10.1 Å². The van der Waals surface area contributed by atoms with Gasteiger partial charge in [0, 0.05) is 24.5 Å². The third kappa shape index (κ3) is 7.36. The standard InChI is InChI=1S/C16H24N2O3S/c1-16(2,3)22-11-14(19)17-12-6-8-13(9-7-12)21-10-15(20)18(4)5/h6-9H,10-11H2,1-5H3,(H,17,19). The largest absolute Gasteiger partial charge is 0.484 e. The van der Waals surface area contributed by atoms with E-state index in [1.54, 1.807) is 50.1 Å². The number of rotatable bonds is 6. The third-order valence-corrected chi connectivity index (χ3v) is 3.91. The van der Waals surface area contributed by atoms with E-state index in [1.807, 2.05) is 0 Å². The van der Waals surface area contributed by atoms with Crippen molar-refractivity contribution < 1.29 is 14.3 Å². The molecule has 22 heavy (non-hydrogen) atoms. The van der Waals surface area contributed by atoms with Gasteiger partial charge >= 0.3 is 0 Å². The van der Waals surface area contributed by atoms with Gasteiger partial charge in [0.25, 0.3) is 5.91 Å². The molecule has 0 atom stereocenters. The molecule has 6 heteroatoms. The van der Waals surface area contributed by atoms with E-state index in [2.05, 4.69) is 26.1 Å². The lowest BCUT2D eigenvalue weighted by atomic mass is 10.3. The second-order valence-corrected chi connectivity index (χ2v) is 7.85. The number of carbonyl (C=O) groups is 2. The minimum atomic E-state index is -0.100. The van der Waals surface area contributed by atoms with E-state index in [0.29, 0.717) is 17.2 Å². The Kier molecular flexibility index (Phi) is 6.74. The van der Waals surface area contributed by atoms with Gasteiger partial charge in [-0.05, 0) is 24.3 Å². The second kappa shape index (κ2) is 8.08. The van der Waals surface area contributed by atoms with Gasteiger partial charge in [-0.3, -0.25) is 9.59 Å². The number of hydrogen-bond acceptors (Lipinski definition) is 4. The van der Waals surface area contributed by atoms with E-state index in [1.165, 1.54) is 4.90 Å². The smallest absolute Gasteiger partial charge is 0.259 e. The van der Waals surface area contributed by atoms with Crippen LogP contribution in [-0.4, -0.2) is 47.9 Å². The fraction of sp³-hybridized carbons (Fsp3) is 0.500. The maximum atomic E-state index is 11.8. The summed E-state index contributed by atoms with van der Waals surface area (Å²) in [5.74, 6) is 0.879. The van der Waals surface area contributed by atoms with Crippen molar-refractivity contribution in [3.05, 3.63) is 24.3 Å². The highest BCUT2D eigenvalue weighted by Crippen LogP contribution is 2.23. The first-order valence-electron chi connectivity index (χ1n) is 7.04. The zero-order valence-electron chi connectivity index (χ0n) is 13.8. The molecule has 1 aromatic rings. The van der Waals surface area contributed by atoms with Crippen molar-refractivity contribution in [3.63, 3.8) is 0 Å². The van der Waals surface area contributed by atoms with Gasteiger partial charge in [-0.15, -0.1) is 11.8 Å². The molecular weight excluding hydrogens is 300 g/mol. The summed E-state index contributed by atoms with van der Waals surface area (Å²) in [6.45, 7) is 6.23. The van der Waals surface area contributed by atoms with Crippen molar-refractivity contribution in [2.45, 2.75) is 25.5 Å². The number of carbonyl (C=O) groups excluding carboxylic acids is 2. The number of nitrogens with zero attached hydrogens (tertiary/aromatic N) is 1. The summed E-state index contributed by atoms with van der Waals surface area (Å²) in [4.78, 5) is 24.7. The Labute approximate surface area is 136 Å². The minimum Gasteiger partial charge on any atom is -0.484 e. The molecule has 0 unspecified atom stereocenters. The van der Waals surface area contributed by atoms with E-state index >= 15 is 0 Å². The highest BCUT2D eigenvalue weighted by Gasteiger charge is 2.13. The molecule has 2 amide bonds. The average Bonchev–Trinajstić information content (AvgIpc) is 2.43. The molecule has 0 aliphatic carbocycles. The highest BCUT2D eigenvalue weighted by atomic mass is 32.2. The van der Waals surface area contributed by atoms with Gasteiger partial charge in [-0.1, -0.05) is 20.8 Å². The molecule has 122 valence electrons. The molecule has 0 aromatic heterocycles. The van der Waals surface area contributed by atoms with Crippen LogP contribution in [0.4, 0.5) is 5.69 Å². The third-order valence-electron chi connectivity index (χ3n) is 2.64. The summed E-state index contributed by atoms with van der Waals surface area (Å²) in [7, 11) is 3.36. The van der Waals surface area contributed by atoms with E-state index in [-0.39, 0.29) is 23.2 Å². The average molecular weight is 324 g/mol. The first kappa shape index (κ1) is 18.4. The Hall–Kier alpha value is -1.69. The van der Waals surface area contributed by atoms with Crippen LogP contribution >= 0.6 is 11.8 Å². The van der Waals surface area contributed by atoms with Crippen LogP contribution in [0.5, 0.6) is 5.75 Å². The van der Waals surface area contributed by atoms with E-state index in [0.717, 1.165) is 0 Å². The molecule has 1 N–H and O–H groups in total. The molecule has 0 aliphatic heterocycles. The number of anilines is 1. The number of benzene rings is 1. The van der Waals surface area contributed by atoms with Gasteiger partial charge in [0.2, 0.25) is 5.91 Å². The molecular formula is C16H24N2O3S. The lowest BCUT2D eigenvalue weighted by Gasteiger charge is -2.17. The fourth-order valence-electron chi connectivity index (χ4n) is 1.39. The van der Waals surface area contributed by atoms with Gasteiger partial charge in [-0.25, -0.2) is 0 Å². The van der Waals surface area contributed by atoms with Crippen LogP contribution in [0, 0.1) is 0 Å². The number of likely N-dealkylation sites (N-methyl/N-ethyl adjacent to an activating group) is 1. The molecule has 0 aliphatic rings. The lowest BCUT2D eigenvalue weighted by molar-refractivity contribution is -0.130. The Balaban J connectivity index is 2.44. The molecule has 0 bridgehead atoms. The predicted octanol–water partition coefficient (Wildman–Crippen LogP) is 2.62. The first-order chi connectivity index (χ1) is 10.2. The number of amides is 2. The zero-order valence-corrected chi connectivity index (χ0v) is 14.6. The van der Waals surface area contributed by atoms with Crippen LogP contribution in [0.25, 0.3) is 0 Å². The summed E-state index contributed by atoms with van der Waals surface area (Å²) in [6, 6.07) is 6.98. The van der Waals surface area contributed by atoms with Gasteiger partial charge < -0.3 is 15.0 Å². The summed E-state index contributed by atoms with van der Waals surface area (Å²) in [5.41, 5.74) is 0.714. The summed E-state index contributed by atoms with van der Waals surface area (Å²) in [6.07, 6.45) is 0. The van der Waals surface area contributed by atoms with Crippen molar-refractivity contribution in [2.75, 3.05) is 31.8 Å². The van der Waals surface area contributed by atoms with Crippen LogP contribution in [0.3, 0.4) is 0 Å². The van der Waals surface area contributed by atoms with Gasteiger partial charge in [0.1, 0.15) is 5.75 Å². The van der Waals surface area contributed by atoms with Gasteiger partial charge in [-0.2, -0.15) is 0 Å². The Bertz CT molecular complexity index is 507. The van der Waals surface area contributed by atoms with E-state index in [9.17, 15) is 9.59 Å². The fourth-order valence-corrected chi connectivity index (χ4v) is 2.02. The lowest BCUT2D eigenvalue weighted by Crippen LogP contribution is -2.27. The first-order valence-corrected chi connectivity index (χ1v) is 8.03. The zero-order chi connectivity index (χ0) is 16.8. The molecule has 0 radical (unpaired) electrons. The monoisotopic (exact) mass is 324 g/mol. The van der Waals surface area contributed by atoms with Gasteiger partial charge in [0.05, 0.1) is 5.75 Å². The number of ether oxygens (including phenoxy) is 1. The van der Waals surface area contributed by atoms with E-state index in [4.69, 9.17) is 4.74 Å². The predicted molar refractivity (Wildman–Crippen MR) is 91.5 cm³/mol. The second-order valence-electron chi connectivity index (χ2n) is 6.05. The number of nitrogens with one attached hydrogen (secondary N) is 1. The normalized spacial score (nSPS) is 11.0. The maximum absolute atomic E-state index is 11.8. The maximum Gasteiger partial charge on any atom is 0.259 e. The summed E-state index contributed by atoms with van der Waals surface area (Å²) in [5, 5.41) is 2.83. The Morgan fingerprint density at radius 1 is 1.18 bits per heavy atom. The van der Waals surface area contributed by atoms with Crippen molar-refractivity contribution in [3.8, 4) is 5.75 Å². The van der Waals surface area contributed by atoms with E-state index < -0.39 is 0 Å². The number of hydrogen-bond donors (Lipinski definition) is 1. The molecule has 0 saturated carbocycles. The molecule has 1 aromatic carbocycles. The van der Waals surface area contributed by atoms with Crippen molar-refractivity contribution in [1.29, 1.82) is 0 Å². The molecule has 5 nitrogen and oxygen atoms in total. The van der Waals surface area contributed by atoms with Crippen molar-refractivity contribution in [1.82, 2.24) is 4.90 Å². The molecule has 1 rings (SSSR count). The Morgan fingerprint density at radius 3 is 2.27 bits per heavy atom. The topological polar surface area (TPSA) is 58.6 Å². The van der Waals surface area contributed by atoms with Gasteiger partial charge in [0.15, 0.2) is 6.61 Å².